The van der Waals surface area contributed by atoms with Gasteiger partial charge in [0.05, 0.1) is 18.7 Å². The molecule has 2 atom stereocenters. The van der Waals surface area contributed by atoms with Gasteiger partial charge in [0, 0.05) is 37.1 Å². The Morgan fingerprint density at radius 2 is 2.22 bits per heavy atom. The number of nitrogens with zero attached hydrogens (tertiary/aromatic N) is 2. The molecule has 1 saturated heterocycles. The molecule has 6 heteroatoms. The number of nitrogens with two attached hydrogens (primary N) is 1. The summed E-state index contributed by atoms with van der Waals surface area (Å²) in [6.07, 6.45) is 2.11. The maximum Gasteiger partial charge on any atom is 0.165 e. The zero-order valence-corrected chi connectivity index (χ0v) is 13.2. The van der Waals surface area contributed by atoms with Crippen LogP contribution in [0.2, 0.25) is 0 Å². The van der Waals surface area contributed by atoms with Crippen LogP contribution in [-0.2, 0) is 6.42 Å². The van der Waals surface area contributed by atoms with Crippen molar-refractivity contribution in [1.29, 1.82) is 0 Å². The molecule has 0 spiro atoms. The lowest BCUT2D eigenvalue weighted by Gasteiger charge is -2.16. The summed E-state index contributed by atoms with van der Waals surface area (Å²) >= 11 is 0. The maximum atomic E-state index is 14.0. The van der Waals surface area contributed by atoms with Gasteiger partial charge in [0.15, 0.2) is 11.6 Å². The number of aliphatic hydroxyl groups excluding tert-OH is 1. The molecule has 3 N–H and O–H groups in total. The Morgan fingerprint density at radius 3 is 2.91 bits per heavy atom. The van der Waals surface area contributed by atoms with Gasteiger partial charge in [-0.15, -0.1) is 0 Å². The molecule has 0 unspecified atom stereocenters. The lowest BCUT2D eigenvalue weighted by Crippen LogP contribution is -2.25. The molecule has 2 heterocycles. The van der Waals surface area contributed by atoms with Gasteiger partial charge in [-0.3, -0.25) is 4.98 Å². The van der Waals surface area contributed by atoms with E-state index in [1.165, 1.54) is 13.2 Å². The van der Waals surface area contributed by atoms with Crippen molar-refractivity contribution in [3.63, 3.8) is 0 Å². The average molecular weight is 319 g/mol. The quantitative estimate of drug-likeness (QED) is 0.866. The number of β-amino-alcohol motifs (C(OH)–C–C–N with tert-alkyl or cyclic N) is 1. The Bertz CT molecular complexity index is 695. The molecule has 0 saturated carbocycles. The number of halogens is 1. The molecule has 0 aliphatic carbocycles. The molecule has 1 aromatic carbocycles. The van der Waals surface area contributed by atoms with Crippen LogP contribution in [-0.4, -0.2) is 54.4 Å². The molecule has 3 rings (SSSR count). The smallest absolute Gasteiger partial charge is 0.165 e. The number of aliphatic hydroxyl groups is 1. The van der Waals surface area contributed by atoms with Gasteiger partial charge in [-0.25, -0.2) is 4.39 Å². The molecular weight excluding hydrogens is 297 g/mol. The van der Waals surface area contributed by atoms with E-state index in [4.69, 9.17) is 10.5 Å². The normalized spacial score (nSPS) is 21.9. The van der Waals surface area contributed by atoms with E-state index in [1.807, 2.05) is 6.07 Å². The molecule has 0 radical (unpaired) electrons. The molecule has 1 fully saturated rings. The van der Waals surface area contributed by atoms with Crippen molar-refractivity contribution >= 4 is 10.9 Å². The topological polar surface area (TPSA) is 71.6 Å². The Labute approximate surface area is 134 Å². The van der Waals surface area contributed by atoms with Gasteiger partial charge < -0.3 is 20.5 Å². The van der Waals surface area contributed by atoms with Gasteiger partial charge in [0.2, 0.25) is 0 Å². The van der Waals surface area contributed by atoms with E-state index in [-0.39, 0.29) is 23.6 Å². The number of benzene rings is 1. The van der Waals surface area contributed by atoms with E-state index < -0.39 is 0 Å². The monoisotopic (exact) mass is 319 g/mol. The van der Waals surface area contributed by atoms with Gasteiger partial charge in [-0.1, -0.05) is 0 Å². The van der Waals surface area contributed by atoms with Crippen molar-refractivity contribution < 1.29 is 14.2 Å². The standard InChI is InChI=1S/C17H22FN3O2/c1-23-17-13(18)2-3-14-16(17)11(4-6-20-14)5-7-21-9-12(8-19)15(22)10-21/h2-4,6,12,15,22H,5,7-10,19H2,1H3/t12-,15+/m0/s1. The maximum absolute atomic E-state index is 14.0. The van der Waals surface area contributed by atoms with E-state index in [1.54, 1.807) is 12.3 Å². The highest BCUT2D eigenvalue weighted by molar-refractivity contribution is 5.88. The van der Waals surface area contributed by atoms with Crippen molar-refractivity contribution in [1.82, 2.24) is 9.88 Å². The third kappa shape index (κ3) is 3.15. The average Bonchev–Trinajstić information content (AvgIpc) is 2.93. The van der Waals surface area contributed by atoms with Gasteiger partial charge >= 0.3 is 0 Å². The molecule has 2 aromatic rings. The fourth-order valence-corrected chi connectivity index (χ4v) is 3.30. The van der Waals surface area contributed by atoms with Crippen molar-refractivity contribution in [3.05, 3.63) is 35.8 Å². The molecule has 23 heavy (non-hydrogen) atoms. The summed E-state index contributed by atoms with van der Waals surface area (Å²) < 4.78 is 19.2. The first-order valence-corrected chi connectivity index (χ1v) is 7.84. The largest absolute Gasteiger partial charge is 0.493 e. The summed E-state index contributed by atoms with van der Waals surface area (Å²) in [4.78, 5) is 6.49. The summed E-state index contributed by atoms with van der Waals surface area (Å²) in [6, 6.07) is 4.94. The van der Waals surface area contributed by atoms with Gasteiger partial charge in [-0.2, -0.15) is 0 Å². The summed E-state index contributed by atoms with van der Waals surface area (Å²) in [7, 11) is 1.47. The first-order valence-electron chi connectivity index (χ1n) is 7.84. The molecule has 1 aliphatic heterocycles. The number of aromatic nitrogens is 1. The van der Waals surface area contributed by atoms with Crippen molar-refractivity contribution in [2.75, 3.05) is 33.3 Å². The van der Waals surface area contributed by atoms with Crippen LogP contribution in [0.1, 0.15) is 5.56 Å². The number of likely N-dealkylation sites (tertiary alicyclic amines) is 1. The van der Waals surface area contributed by atoms with Crippen LogP contribution in [0, 0.1) is 11.7 Å². The Morgan fingerprint density at radius 1 is 1.39 bits per heavy atom. The summed E-state index contributed by atoms with van der Waals surface area (Å²) in [5, 5.41) is 10.7. The van der Waals surface area contributed by atoms with E-state index in [0.717, 1.165) is 36.0 Å². The van der Waals surface area contributed by atoms with Crippen molar-refractivity contribution in [2.45, 2.75) is 12.5 Å². The fraction of sp³-hybridized carbons (Fsp3) is 0.471. The zero-order chi connectivity index (χ0) is 16.4. The summed E-state index contributed by atoms with van der Waals surface area (Å²) in [5.41, 5.74) is 7.39. The van der Waals surface area contributed by atoms with Gasteiger partial charge in [-0.05, 0) is 36.7 Å². The van der Waals surface area contributed by atoms with Crippen molar-refractivity contribution in [3.8, 4) is 5.75 Å². The highest BCUT2D eigenvalue weighted by Gasteiger charge is 2.29. The van der Waals surface area contributed by atoms with E-state index >= 15 is 0 Å². The number of hydrogen-bond donors (Lipinski definition) is 2. The van der Waals surface area contributed by atoms with E-state index in [2.05, 4.69) is 9.88 Å². The Kier molecular flexibility index (Phi) is 4.75. The second-order valence-electron chi connectivity index (χ2n) is 6.02. The molecule has 1 aromatic heterocycles. The van der Waals surface area contributed by atoms with Crippen molar-refractivity contribution in [2.24, 2.45) is 11.7 Å². The van der Waals surface area contributed by atoms with Crippen LogP contribution in [0.3, 0.4) is 0 Å². The first-order chi connectivity index (χ1) is 11.1. The number of ether oxygens (including phenoxy) is 1. The molecule has 124 valence electrons. The van der Waals surface area contributed by atoms with Crippen LogP contribution in [0.4, 0.5) is 4.39 Å². The highest BCUT2D eigenvalue weighted by atomic mass is 19.1. The minimum atomic E-state index is -0.381. The van der Waals surface area contributed by atoms with Crippen LogP contribution >= 0.6 is 0 Å². The summed E-state index contributed by atoms with van der Waals surface area (Å²) in [5.74, 6) is -0.00269. The molecule has 0 amide bonds. The highest BCUT2D eigenvalue weighted by Crippen LogP contribution is 2.31. The molecule has 1 aliphatic rings. The Balaban J connectivity index is 1.82. The van der Waals surface area contributed by atoms with Crippen LogP contribution in [0.15, 0.2) is 24.4 Å². The van der Waals surface area contributed by atoms with E-state index in [9.17, 15) is 9.50 Å². The summed E-state index contributed by atoms with van der Waals surface area (Å²) in [6.45, 7) is 2.71. The second-order valence-corrected chi connectivity index (χ2v) is 6.02. The van der Waals surface area contributed by atoms with Gasteiger partial charge in [0.1, 0.15) is 0 Å². The number of rotatable bonds is 5. The lowest BCUT2D eigenvalue weighted by molar-refractivity contribution is 0.144. The second kappa shape index (κ2) is 6.78. The molecule has 0 bridgehead atoms. The minimum Gasteiger partial charge on any atom is -0.493 e. The number of methoxy groups -OCH3 is 1. The SMILES string of the molecule is COc1c(F)ccc2nccc(CCN3C[C@H](CN)[C@H](O)C3)c12. The van der Waals surface area contributed by atoms with Gasteiger partial charge in [0.25, 0.3) is 0 Å². The first kappa shape index (κ1) is 16.1. The zero-order valence-electron chi connectivity index (χ0n) is 13.2. The van der Waals surface area contributed by atoms with E-state index in [0.29, 0.717) is 13.1 Å². The number of fused-ring (bicyclic) bond motifs is 1. The number of hydrogen-bond acceptors (Lipinski definition) is 5. The third-order valence-electron chi connectivity index (χ3n) is 4.58. The fourth-order valence-electron chi connectivity index (χ4n) is 3.30. The number of pyridine rings is 1. The lowest BCUT2D eigenvalue weighted by atomic mass is 10.0. The minimum absolute atomic E-state index is 0.135. The predicted molar refractivity (Wildman–Crippen MR) is 86.9 cm³/mol. The predicted octanol–water partition coefficient (Wildman–Crippen LogP) is 1.18. The molecule has 5 nitrogen and oxygen atoms in total. The Hall–Kier alpha value is -1.76. The molecular formula is C17H22FN3O2. The van der Waals surface area contributed by atoms with Crippen LogP contribution in [0.25, 0.3) is 10.9 Å². The van der Waals surface area contributed by atoms with Crippen LogP contribution in [0.5, 0.6) is 5.75 Å². The third-order valence-corrected chi connectivity index (χ3v) is 4.58. The van der Waals surface area contributed by atoms with Crippen LogP contribution < -0.4 is 10.5 Å².